The predicted molar refractivity (Wildman–Crippen MR) is 47.4 cm³/mol. The molecule has 0 aliphatic carbocycles. The molecule has 0 radical (unpaired) electrons. The van der Waals surface area contributed by atoms with Crippen molar-refractivity contribution >= 4 is 0 Å². The van der Waals surface area contributed by atoms with Gasteiger partial charge in [0.25, 0.3) is 0 Å². The molecule has 2 heterocycles. The average Bonchev–Trinajstić information content (AvgIpc) is 2.78. The highest BCUT2D eigenvalue weighted by Crippen LogP contribution is 2.24. The third kappa shape index (κ3) is 1.42. The first kappa shape index (κ1) is 9.60. The van der Waals surface area contributed by atoms with Crippen molar-refractivity contribution in [2.45, 2.75) is 24.3 Å². The number of nitrogens with one attached hydrogen (secondary N) is 2. The highest BCUT2D eigenvalue weighted by Gasteiger charge is 2.42. The number of aromatic amines is 1. The second-order valence-corrected chi connectivity index (χ2v) is 3.39. The number of rotatable bonds is 2. The molecule has 6 nitrogen and oxygen atoms in total. The Bertz CT molecular complexity index is 290. The monoisotopic (exact) mass is 199 g/mol. The third-order valence-corrected chi connectivity index (χ3v) is 2.51. The number of H-pyrrole nitrogens is 1. The lowest BCUT2D eigenvalue weighted by Gasteiger charge is -2.12. The molecule has 14 heavy (non-hydrogen) atoms. The molecule has 78 valence electrons. The van der Waals surface area contributed by atoms with Crippen LogP contribution in [0, 0.1) is 0 Å². The predicted octanol–water partition coefficient (Wildman–Crippen LogP) is -1.86. The normalized spacial score (nSPS) is 37.6. The van der Waals surface area contributed by atoms with Crippen LogP contribution >= 0.6 is 0 Å². The van der Waals surface area contributed by atoms with Crippen molar-refractivity contribution in [3.8, 4) is 0 Å². The molecule has 1 aromatic heterocycles. The fourth-order valence-corrected chi connectivity index (χ4v) is 1.71. The molecule has 2 rings (SSSR count). The lowest BCUT2D eigenvalue weighted by molar-refractivity contribution is 0.0186. The van der Waals surface area contributed by atoms with Crippen molar-refractivity contribution in [3.05, 3.63) is 18.2 Å². The van der Waals surface area contributed by atoms with Crippen LogP contribution in [0.1, 0.15) is 11.9 Å². The lowest BCUT2D eigenvalue weighted by atomic mass is 10.1. The van der Waals surface area contributed by atoms with Crippen LogP contribution in [-0.2, 0) is 0 Å². The van der Waals surface area contributed by atoms with Crippen LogP contribution in [0.2, 0.25) is 0 Å². The van der Waals surface area contributed by atoms with Gasteiger partial charge >= 0.3 is 0 Å². The number of aliphatic hydroxyl groups excluding tert-OH is 3. The van der Waals surface area contributed by atoms with E-state index in [1.165, 1.54) is 0 Å². The fourth-order valence-electron chi connectivity index (χ4n) is 1.71. The van der Waals surface area contributed by atoms with Crippen molar-refractivity contribution < 1.29 is 15.3 Å². The summed E-state index contributed by atoms with van der Waals surface area (Å²) in [6.07, 6.45) is 1.30. The molecular formula is C8H13N3O3. The second kappa shape index (κ2) is 3.66. The maximum atomic E-state index is 9.65. The molecule has 5 N–H and O–H groups in total. The third-order valence-electron chi connectivity index (χ3n) is 2.51. The number of imidazole rings is 1. The Balaban J connectivity index is 2.16. The van der Waals surface area contributed by atoms with Gasteiger partial charge in [0.1, 0.15) is 11.9 Å². The summed E-state index contributed by atoms with van der Waals surface area (Å²) in [5.74, 6) is 0.563. The summed E-state index contributed by atoms with van der Waals surface area (Å²) in [5.41, 5.74) is 0. The molecule has 1 aliphatic heterocycles. The van der Waals surface area contributed by atoms with Crippen LogP contribution in [0.25, 0.3) is 0 Å². The zero-order valence-electron chi connectivity index (χ0n) is 7.46. The van der Waals surface area contributed by atoms with E-state index in [4.69, 9.17) is 5.11 Å². The molecule has 0 spiro atoms. The smallest absolute Gasteiger partial charge is 0.126 e. The first-order valence-electron chi connectivity index (χ1n) is 4.46. The minimum Gasteiger partial charge on any atom is -0.395 e. The summed E-state index contributed by atoms with van der Waals surface area (Å²) in [6, 6.07) is -0.947. The van der Waals surface area contributed by atoms with E-state index >= 15 is 0 Å². The summed E-state index contributed by atoms with van der Waals surface area (Å²) < 4.78 is 0. The van der Waals surface area contributed by atoms with Gasteiger partial charge in [0.15, 0.2) is 0 Å². The number of aliphatic hydroxyl groups is 3. The largest absolute Gasteiger partial charge is 0.395 e. The van der Waals surface area contributed by atoms with Gasteiger partial charge in [0.2, 0.25) is 0 Å². The number of aromatic nitrogens is 2. The van der Waals surface area contributed by atoms with E-state index in [2.05, 4.69) is 15.3 Å². The Morgan fingerprint density at radius 1 is 1.36 bits per heavy atom. The molecule has 0 bridgehead atoms. The number of hydrogen-bond acceptors (Lipinski definition) is 5. The van der Waals surface area contributed by atoms with Crippen LogP contribution in [0.4, 0.5) is 0 Å². The molecule has 6 heteroatoms. The molecule has 0 amide bonds. The number of hydrogen-bond donors (Lipinski definition) is 5. The quantitative estimate of drug-likeness (QED) is 0.384. The Hall–Kier alpha value is -0.950. The number of nitrogens with zero attached hydrogens (tertiary/aromatic N) is 1. The van der Waals surface area contributed by atoms with E-state index < -0.39 is 24.3 Å². The van der Waals surface area contributed by atoms with E-state index in [0.29, 0.717) is 5.82 Å². The Morgan fingerprint density at radius 2 is 2.14 bits per heavy atom. The molecule has 1 unspecified atom stereocenters. The van der Waals surface area contributed by atoms with Crippen molar-refractivity contribution in [2.24, 2.45) is 0 Å². The lowest BCUT2D eigenvalue weighted by Crippen LogP contribution is -2.35. The van der Waals surface area contributed by atoms with Crippen LogP contribution in [0.3, 0.4) is 0 Å². The van der Waals surface area contributed by atoms with Crippen molar-refractivity contribution in [1.29, 1.82) is 0 Å². The van der Waals surface area contributed by atoms with Crippen molar-refractivity contribution in [3.63, 3.8) is 0 Å². The van der Waals surface area contributed by atoms with E-state index in [1.807, 2.05) is 0 Å². The van der Waals surface area contributed by atoms with Gasteiger partial charge in [-0.05, 0) is 0 Å². The van der Waals surface area contributed by atoms with Crippen molar-refractivity contribution in [2.75, 3.05) is 6.61 Å². The maximum absolute atomic E-state index is 9.65. The maximum Gasteiger partial charge on any atom is 0.126 e. The summed E-state index contributed by atoms with van der Waals surface area (Å²) in [4.78, 5) is 6.83. The van der Waals surface area contributed by atoms with E-state index in [1.54, 1.807) is 12.4 Å². The summed E-state index contributed by atoms with van der Waals surface area (Å²) in [5, 5.41) is 31.0. The molecule has 1 aromatic rings. The molecule has 1 saturated heterocycles. The standard InChI is InChI=1S/C8H13N3O3/c12-3-4-6(13)7(14)5(11-4)8-9-1-2-10-8/h1-2,4-7,11-14H,3H2,(H,9,10)/t4-,5?,6-,7+/m1/s1. The highest BCUT2D eigenvalue weighted by molar-refractivity contribution is 5.08. The molecule has 0 saturated carbocycles. The summed E-state index contributed by atoms with van der Waals surface area (Å²) >= 11 is 0. The van der Waals surface area contributed by atoms with Gasteiger partial charge in [-0.1, -0.05) is 0 Å². The van der Waals surface area contributed by atoms with Gasteiger partial charge in [-0.2, -0.15) is 0 Å². The molecule has 0 aromatic carbocycles. The van der Waals surface area contributed by atoms with E-state index in [9.17, 15) is 10.2 Å². The zero-order valence-corrected chi connectivity index (χ0v) is 7.46. The molecule has 1 fully saturated rings. The molecular weight excluding hydrogens is 186 g/mol. The minimum absolute atomic E-state index is 0.213. The Morgan fingerprint density at radius 3 is 2.64 bits per heavy atom. The van der Waals surface area contributed by atoms with E-state index in [-0.39, 0.29) is 6.61 Å². The fraction of sp³-hybridized carbons (Fsp3) is 0.625. The van der Waals surface area contributed by atoms with Crippen LogP contribution < -0.4 is 5.32 Å². The van der Waals surface area contributed by atoms with Gasteiger partial charge in [0, 0.05) is 12.4 Å². The van der Waals surface area contributed by atoms with Crippen molar-refractivity contribution in [1.82, 2.24) is 15.3 Å². The highest BCUT2D eigenvalue weighted by atomic mass is 16.3. The molecule has 4 atom stereocenters. The van der Waals surface area contributed by atoms with Gasteiger partial charge in [-0.25, -0.2) is 4.98 Å². The van der Waals surface area contributed by atoms with Crippen LogP contribution in [0.15, 0.2) is 12.4 Å². The van der Waals surface area contributed by atoms with Gasteiger partial charge in [0.05, 0.1) is 24.8 Å². The van der Waals surface area contributed by atoms with Gasteiger partial charge in [-0.15, -0.1) is 0 Å². The zero-order chi connectivity index (χ0) is 10.1. The SMILES string of the molecule is OC[C@H]1NC(c2ncc[nH]2)[C@H](O)[C@@H]1O. The first-order valence-corrected chi connectivity index (χ1v) is 4.46. The first-order chi connectivity index (χ1) is 6.74. The molecule has 1 aliphatic rings. The Kier molecular flexibility index (Phi) is 2.51. The van der Waals surface area contributed by atoms with Gasteiger partial charge in [-0.3, -0.25) is 5.32 Å². The summed E-state index contributed by atoms with van der Waals surface area (Å²) in [7, 11) is 0. The average molecular weight is 199 g/mol. The Labute approximate surface area is 80.6 Å². The van der Waals surface area contributed by atoms with Crippen LogP contribution in [0.5, 0.6) is 0 Å². The van der Waals surface area contributed by atoms with Gasteiger partial charge < -0.3 is 20.3 Å². The van der Waals surface area contributed by atoms with E-state index in [0.717, 1.165) is 0 Å². The summed E-state index contributed by atoms with van der Waals surface area (Å²) in [6.45, 7) is -0.213. The minimum atomic E-state index is -0.963. The van der Waals surface area contributed by atoms with Crippen LogP contribution in [-0.4, -0.2) is 50.1 Å². The topological polar surface area (TPSA) is 101 Å². The second-order valence-electron chi connectivity index (χ2n) is 3.39.